The van der Waals surface area contributed by atoms with E-state index in [0.717, 1.165) is 6.42 Å². The van der Waals surface area contributed by atoms with E-state index in [9.17, 15) is 9.59 Å². The van der Waals surface area contributed by atoms with Gasteiger partial charge in [0.2, 0.25) is 0 Å². The van der Waals surface area contributed by atoms with E-state index in [1.807, 2.05) is 20.8 Å². The van der Waals surface area contributed by atoms with Gasteiger partial charge in [-0.2, -0.15) is 0 Å². The van der Waals surface area contributed by atoms with Crippen LogP contribution in [0.3, 0.4) is 0 Å². The fourth-order valence-corrected chi connectivity index (χ4v) is 2.38. The minimum atomic E-state index is -0.537. The molecule has 2 rings (SSSR count). The fourth-order valence-electron chi connectivity index (χ4n) is 2.38. The zero-order valence-electron chi connectivity index (χ0n) is 10.7. The Morgan fingerprint density at radius 2 is 1.88 bits per heavy atom. The average molecular weight is 241 g/mol. The number of ether oxygens (including phenoxy) is 2. The van der Waals surface area contributed by atoms with Crippen LogP contribution in [0.5, 0.6) is 0 Å². The number of esters is 1. The van der Waals surface area contributed by atoms with E-state index in [2.05, 4.69) is 0 Å². The van der Waals surface area contributed by atoms with Gasteiger partial charge < -0.3 is 9.47 Å². The number of amides is 1. The van der Waals surface area contributed by atoms with Crippen LogP contribution in [0, 0.1) is 5.92 Å². The van der Waals surface area contributed by atoms with Crippen molar-refractivity contribution in [3.05, 3.63) is 0 Å². The largest absolute Gasteiger partial charge is 0.467 e. The molecule has 17 heavy (non-hydrogen) atoms. The molecule has 1 aliphatic carbocycles. The molecule has 2 fully saturated rings. The molecule has 1 unspecified atom stereocenters. The summed E-state index contributed by atoms with van der Waals surface area (Å²) in [7, 11) is 1.35. The number of methoxy groups -OCH3 is 1. The summed E-state index contributed by atoms with van der Waals surface area (Å²) < 4.78 is 10.0. The van der Waals surface area contributed by atoms with Gasteiger partial charge in [0.1, 0.15) is 11.6 Å². The normalized spacial score (nSPS) is 30.8. The van der Waals surface area contributed by atoms with Crippen LogP contribution in [0.1, 0.15) is 33.6 Å². The second-order valence-electron chi connectivity index (χ2n) is 5.73. The Morgan fingerprint density at radius 3 is 2.41 bits per heavy atom. The molecule has 0 bridgehead atoms. The summed E-state index contributed by atoms with van der Waals surface area (Å²) in [6.07, 6.45) is 1.28. The predicted octanol–water partition coefficient (Wildman–Crippen LogP) is 1.56. The van der Waals surface area contributed by atoms with Crippen molar-refractivity contribution >= 4 is 12.1 Å². The maximum Gasteiger partial charge on any atom is 0.411 e. The molecule has 2 aliphatic rings. The summed E-state index contributed by atoms with van der Waals surface area (Å²) in [5, 5.41) is 0. The third-order valence-electron chi connectivity index (χ3n) is 3.18. The lowest BCUT2D eigenvalue weighted by atomic mass is 10.2. The minimum absolute atomic E-state index is 0.175. The number of nitrogens with zero attached hydrogens (tertiary/aromatic N) is 1. The molecular formula is C12H19NO4. The number of hydrogen-bond acceptors (Lipinski definition) is 4. The Balaban J connectivity index is 2.07. The van der Waals surface area contributed by atoms with E-state index in [1.165, 1.54) is 7.11 Å². The Morgan fingerprint density at radius 1 is 1.24 bits per heavy atom. The minimum Gasteiger partial charge on any atom is -0.467 e. The lowest BCUT2D eigenvalue weighted by Crippen LogP contribution is -2.46. The highest BCUT2D eigenvalue weighted by Gasteiger charge is 2.57. The number of piperidine rings is 1. The van der Waals surface area contributed by atoms with Crippen molar-refractivity contribution in [3.8, 4) is 0 Å². The van der Waals surface area contributed by atoms with Gasteiger partial charge in [0.05, 0.1) is 7.11 Å². The number of carbonyl (C=O) groups excluding carboxylic acids is 2. The van der Waals surface area contributed by atoms with Crippen molar-refractivity contribution in [3.63, 3.8) is 0 Å². The van der Waals surface area contributed by atoms with Crippen molar-refractivity contribution in [2.45, 2.75) is 51.3 Å². The molecule has 1 amide bonds. The van der Waals surface area contributed by atoms with E-state index in [-0.39, 0.29) is 12.0 Å². The lowest BCUT2D eigenvalue weighted by molar-refractivity contribution is -0.146. The highest BCUT2D eigenvalue weighted by molar-refractivity contribution is 5.83. The van der Waals surface area contributed by atoms with Gasteiger partial charge >= 0.3 is 12.1 Å². The molecule has 0 aromatic carbocycles. The van der Waals surface area contributed by atoms with Gasteiger partial charge in [-0.1, -0.05) is 0 Å². The molecule has 1 saturated carbocycles. The molecule has 96 valence electrons. The predicted molar refractivity (Wildman–Crippen MR) is 60.4 cm³/mol. The third-order valence-corrected chi connectivity index (χ3v) is 3.18. The average Bonchev–Trinajstić information content (AvgIpc) is 2.85. The highest BCUT2D eigenvalue weighted by Crippen LogP contribution is 2.48. The van der Waals surface area contributed by atoms with Crippen LogP contribution in [-0.2, 0) is 14.3 Å². The fraction of sp³-hybridized carbons (Fsp3) is 0.833. The zero-order valence-corrected chi connectivity index (χ0v) is 10.7. The van der Waals surface area contributed by atoms with E-state index < -0.39 is 17.7 Å². The molecule has 1 heterocycles. The Kier molecular flexibility index (Phi) is 2.79. The van der Waals surface area contributed by atoms with Gasteiger partial charge in [-0.3, -0.25) is 4.90 Å². The monoisotopic (exact) mass is 241 g/mol. The van der Waals surface area contributed by atoms with E-state index >= 15 is 0 Å². The molecule has 3 atom stereocenters. The zero-order chi connectivity index (χ0) is 12.8. The second kappa shape index (κ2) is 3.89. The van der Waals surface area contributed by atoms with Crippen molar-refractivity contribution in [1.29, 1.82) is 0 Å². The molecular weight excluding hydrogens is 222 g/mol. The van der Waals surface area contributed by atoms with E-state index in [1.54, 1.807) is 4.90 Å². The van der Waals surface area contributed by atoms with Crippen LogP contribution < -0.4 is 0 Å². The number of fused-ring (bicyclic) bond motifs is 1. The molecule has 0 aromatic heterocycles. The molecule has 1 aliphatic heterocycles. The SMILES string of the molecule is COC(=O)[C@@H]1CC2C[C@@H]2N1C(=O)OC(C)(C)C. The van der Waals surface area contributed by atoms with Gasteiger partial charge in [0.15, 0.2) is 0 Å². The summed E-state index contributed by atoms with van der Waals surface area (Å²) in [6.45, 7) is 5.45. The maximum absolute atomic E-state index is 12.0. The highest BCUT2D eigenvalue weighted by atomic mass is 16.6. The Hall–Kier alpha value is -1.26. The van der Waals surface area contributed by atoms with Gasteiger partial charge in [-0.15, -0.1) is 0 Å². The second-order valence-corrected chi connectivity index (χ2v) is 5.73. The number of rotatable bonds is 1. The van der Waals surface area contributed by atoms with E-state index in [4.69, 9.17) is 9.47 Å². The molecule has 0 radical (unpaired) electrons. The van der Waals surface area contributed by atoms with Crippen molar-refractivity contribution in [2.24, 2.45) is 5.92 Å². The Labute approximate surface area is 101 Å². The Bertz CT molecular complexity index is 347. The summed E-state index contributed by atoms with van der Waals surface area (Å²) >= 11 is 0. The van der Waals surface area contributed by atoms with Crippen molar-refractivity contribution < 1.29 is 19.1 Å². The van der Waals surface area contributed by atoms with Crippen LogP contribution in [0.2, 0.25) is 0 Å². The first-order chi connectivity index (χ1) is 7.83. The van der Waals surface area contributed by atoms with Crippen LogP contribution in [-0.4, -0.2) is 41.8 Å². The maximum atomic E-state index is 12.0. The topological polar surface area (TPSA) is 55.8 Å². The quantitative estimate of drug-likeness (QED) is 0.654. The van der Waals surface area contributed by atoms with Gasteiger partial charge in [-0.25, -0.2) is 9.59 Å². The summed E-state index contributed by atoms with van der Waals surface area (Å²) in [5.74, 6) is 0.106. The van der Waals surface area contributed by atoms with Gasteiger partial charge in [-0.05, 0) is 39.5 Å². The van der Waals surface area contributed by atoms with Crippen molar-refractivity contribution in [1.82, 2.24) is 4.90 Å². The molecule has 5 heteroatoms. The number of hydrogen-bond donors (Lipinski definition) is 0. The molecule has 5 nitrogen and oxygen atoms in total. The smallest absolute Gasteiger partial charge is 0.411 e. The summed E-state index contributed by atoms with van der Waals surface area (Å²) in [4.78, 5) is 25.2. The molecule has 0 spiro atoms. The van der Waals surface area contributed by atoms with Crippen LogP contribution in [0.25, 0.3) is 0 Å². The van der Waals surface area contributed by atoms with E-state index in [0.29, 0.717) is 12.3 Å². The molecule has 0 N–H and O–H groups in total. The lowest BCUT2D eigenvalue weighted by Gasteiger charge is -2.29. The standard InChI is InChI=1S/C12H19NO4/c1-12(2,3)17-11(15)13-8-5-7(8)6-9(13)10(14)16-4/h7-9H,5-6H2,1-4H3/t7?,8-,9-/m0/s1. The first-order valence-corrected chi connectivity index (χ1v) is 5.92. The van der Waals surface area contributed by atoms with Gasteiger partial charge in [0, 0.05) is 6.04 Å². The number of likely N-dealkylation sites (tertiary alicyclic amines) is 1. The first kappa shape index (κ1) is 12.2. The first-order valence-electron chi connectivity index (χ1n) is 5.92. The summed E-state index contributed by atoms with van der Waals surface area (Å²) in [6, 6.07) is -0.285. The van der Waals surface area contributed by atoms with Crippen LogP contribution in [0.15, 0.2) is 0 Å². The third kappa shape index (κ3) is 2.37. The molecule has 1 saturated heterocycles. The van der Waals surface area contributed by atoms with Crippen molar-refractivity contribution in [2.75, 3.05) is 7.11 Å². The van der Waals surface area contributed by atoms with Gasteiger partial charge in [0.25, 0.3) is 0 Å². The summed E-state index contributed by atoms with van der Waals surface area (Å²) in [5.41, 5.74) is -0.537. The van der Waals surface area contributed by atoms with Crippen LogP contribution >= 0.6 is 0 Å². The van der Waals surface area contributed by atoms with Crippen LogP contribution in [0.4, 0.5) is 4.79 Å². The molecule has 0 aromatic rings. The number of carbonyl (C=O) groups is 2.